The number of benzene rings is 1. The molecule has 2 rings (SSSR count). The summed E-state index contributed by atoms with van der Waals surface area (Å²) in [7, 11) is 1.65. The zero-order valence-electron chi connectivity index (χ0n) is 7.49. The first-order chi connectivity index (χ1) is 6.74. The first kappa shape index (κ1) is 8.66. The van der Waals surface area contributed by atoms with Crippen LogP contribution in [0.2, 0.25) is 0 Å². The molecule has 1 aromatic heterocycles. The number of aryl methyl sites for hydroxylation is 1. The highest BCUT2D eigenvalue weighted by Gasteiger charge is 2.08. The molecule has 1 aromatic carbocycles. The minimum absolute atomic E-state index is 0.322. The van der Waals surface area contributed by atoms with Crippen molar-refractivity contribution in [2.75, 3.05) is 0 Å². The van der Waals surface area contributed by atoms with Gasteiger partial charge < -0.3 is 4.57 Å². The lowest BCUT2D eigenvalue weighted by atomic mass is 10.2. The lowest BCUT2D eigenvalue weighted by Gasteiger charge is -1.98. The van der Waals surface area contributed by atoms with Crippen molar-refractivity contribution in [2.45, 2.75) is 0 Å². The molecular weight excluding hydrogens is 183 g/mol. The molecule has 0 spiro atoms. The number of aromatic nitrogens is 1. The van der Waals surface area contributed by atoms with Gasteiger partial charge in [0.15, 0.2) is 0 Å². The molecule has 0 bridgehead atoms. The first-order valence-corrected chi connectivity index (χ1v) is 4.06. The summed E-state index contributed by atoms with van der Waals surface area (Å²) in [6, 6.07) is 6.40. The summed E-state index contributed by atoms with van der Waals surface area (Å²) in [5.41, 5.74) is 0.446. The van der Waals surface area contributed by atoms with Crippen LogP contribution in [-0.4, -0.2) is 10.6 Å². The highest BCUT2D eigenvalue weighted by Crippen LogP contribution is 2.25. The number of nitrogens with zero attached hydrogens (tertiary/aromatic N) is 2. The zero-order chi connectivity index (χ0) is 10.1. The van der Waals surface area contributed by atoms with Crippen molar-refractivity contribution in [3.8, 4) is 0 Å². The second-order valence-corrected chi connectivity index (χ2v) is 2.94. The summed E-state index contributed by atoms with van der Waals surface area (Å²) in [5.74, 6) is 0.0810. The molecule has 0 aliphatic heterocycles. The topological polar surface area (TPSA) is 34.4 Å². The third-order valence-corrected chi connectivity index (χ3v) is 2.14. The minimum atomic E-state index is -0.322. The van der Waals surface area contributed by atoms with Gasteiger partial charge in [-0.25, -0.2) is 9.18 Å². The SMILES string of the molecule is Cn1c(N=C=O)cc2cccc(F)c21. The van der Waals surface area contributed by atoms with Crippen LogP contribution >= 0.6 is 0 Å². The molecule has 0 saturated heterocycles. The van der Waals surface area contributed by atoms with E-state index in [4.69, 9.17) is 0 Å². The van der Waals surface area contributed by atoms with Crippen LogP contribution in [0.4, 0.5) is 10.2 Å². The molecule has 0 N–H and O–H groups in total. The Balaban J connectivity index is 2.87. The molecule has 1 heterocycles. The lowest BCUT2D eigenvalue weighted by molar-refractivity contribution is 0.565. The second kappa shape index (κ2) is 3.09. The maximum Gasteiger partial charge on any atom is 0.242 e. The van der Waals surface area contributed by atoms with Crippen molar-refractivity contribution >= 4 is 22.8 Å². The fraction of sp³-hybridized carbons (Fsp3) is 0.100. The Morgan fingerprint density at radius 2 is 2.29 bits per heavy atom. The molecule has 0 atom stereocenters. The van der Waals surface area contributed by atoms with Gasteiger partial charge in [0.1, 0.15) is 11.6 Å². The summed E-state index contributed by atoms with van der Waals surface area (Å²) in [6.07, 6.45) is 1.44. The highest BCUT2D eigenvalue weighted by atomic mass is 19.1. The van der Waals surface area contributed by atoms with Crippen molar-refractivity contribution in [1.82, 2.24) is 4.57 Å². The number of aliphatic imine (C=N–C) groups is 1. The third kappa shape index (κ3) is 1.13. The van der Waals surface area contributed by atoms with Crippen LogP contribution in [0, 0.1) is 5.82 Å². The van der Waals surface area contributed by atoms with E-state index in [0.29, 0.717) is 11.3 Å². The number of hydrogen-bond donors (Lipinski definition) is 0. The monoisotopic (exact) mass is 190 g/mol. The molecule has 0 fully saturated rings. The van der Waals surface area contributed by atoms with Gasteiger partial charge >= 0.3 is 0 Å². The van der Waals surface area contributed by atoms with Crippen LogP contribution in [0.15, 0.2) is 29.3 Å². The number of para-hydroxylation sites is 1. The summed E-state index contributed by atoms with van der Waals surface area (Å²) in [6.45, 7) is 0. The Morgan fingerprint density at radius 3 is 2.93 bits per heavy atom. The van der Waals surface area contributed by atoms with E-state index in [-0.39, 0.29) is 5.82 Å². The smallest absolute Gasteiger partial charge is 0.242 e. The number of rotatable bonds is 1. The molecule has 2 aromatic rings. The quantitative estimate of drug-likeness (QED) is 0.501. The Hall–Kier alpha value is -1.93. The lowest BCUT2D eigenvalue weighted by Crippen LogP contribution is -1.88. The Labute approximate surface area is 79.5 Å². The number of isocyanates is 1. The predicted octanol–water partition coefficient (Wildman–Crippen LogP) is 2.28. The van der Waals surface area contributed by atoms with Gasteiger partial charge in [0.25, 0.3) is 0 Å². The van der Waals surface area contributed by atoms with Crippen LogP contribution in [0.3, 0.4) is 0 Å². The van der Waals surface area contributed by atoms with Crippen LogP contribution in [0.25, 0.3) is 10.9 Å². The van der Waals surface area contributed by atoms with Gasteiger partial charge in [-0.05, 0) is 12.1 Å². The van der Waals surface area contributed by atoms with Gasteiger partial charge in [0.05, 0.1) is 5.52 Å². The third-order valence-electron chi connectivity index (χ3n) is 2.14. The van der Waals surface area contributed by atoms with E-state index >= 15 is 0 Å². The van der Waals surface area contributed by atoms with E-state index in [9.17, 15) is 9.18 Å². The Bertz CT molecular complexity index is 538. The average Bonchev–Trinajstić information content (AvgIpc) is 2.46. The maximum atomic E-state index is 13.3. The summed E-state index contributed by atoms with van der Waals surface area (Å²) >= 11 is 0. The van der Waals surface area contributed by atoms with Gasteiger partial charge in [-0.2, -0.15) is 0 Å². The molecule has 0 radical (unpaired) electrons. The standard InChI is InChI=1S/C10H7FN2O/c1-13-9(12-6-14)5-7-3-2-4-8(11)10(7)13/h2-5H,1H3. The van der Waals surface area contributed by atoms with Gasteiger partial charge in [0.2, 0.25) is 6.08 Å². The fourth-order valence-corrected chi connectivity index (χ4v) is 1.51. The molecule has 14 heavy (non-hydrogen) atoms. The molecule has 0 unspecified atom stereocenters. The number of fused-ring (bicyclic) bond motifs is 1. The molecule has 0 saturated carbocycles. The normalized spacial score (nSPS) is 10.1. The zero-order valence-corrected chi connectivity index (χ0v) is 7.49. The summed E-state index contributed by atoms with van der Waals surface area (Å²) < 4.78 is 14.9. The molecule has 0 amide bonds. The predicted molar refractivity (Wildman–Crippen MR) is 50.7 cm³/mol. The largest absolute Gasteiger partial charge is 0.326 e. The van der Waals surface area contributed by atoms with Crippen molar-refractivity contribution in [3.05, 3.63) is 30.1 Å². The van der Waals surface area contributed by atoms with Crippen molar-refractivity contribution < 1.29 is 9.18 Å². The van der Waals surface area contributed by atoms with Crippen LogP contribution < -0.4 is 0 Å². The van der Waals surface area contributed by atoms with E-state index in [2.05, 4.69) is 4.99 Å². The van der Waals surface area contributed by atoms with Gasteiger partial charge in [-0.1, -0.05) is 12.1 Å². The molecule has 70 valence electrons. The van der Waals surface area contributed by atoms with E-state index in [0.717, 1.165) is 5.39 Å². The van der Waals surface area contributed by atoms with E-state index < -0.39 is 0 Å². The second-order valence-electron chi connectivity index (χ2n) is 2.94. The van der Waals surface area contributed by atoms with Crippen molar-refractivity contribution in [3.63, 3.8) is 0 Å². The van der Waals surface area contributed by atoms with E-state index in [1.54, 1.807) is 25.2 Å². The van der Waals surface area contributed by atoms with E-state index in [1.165, 1.54) is 16.7 Å². The first-order valence-electron chi connectivity index (χ1n) is 4.06. The van der Waals surface area contributed by atoms with Gasteiger partial charge in [0, 0.05) is 12.4 Å². The van der Waals surface area contributed by atoms with Crippen molar-refractivity contribution in [2.24, 2.45) is 12.0 Å². The summed E-state index contributed by atoms with van der Waals surface area (Å²) in [4.78, 5) is 13.6. The molecule has 3 nitrogen and oxygen atoms in total. The molecule has 0 aliphatic rings. The van der Waals surface area contributed by atoms with E-state index in [1.807, 2.05) is 0 Å². The minimum Gasteiger partial charge on any atom is -0.326 e. The highest BCUT2D eigenvalue weighted by molar-refractivity contribution is 5.85. The Morgan fingerprint density at radius 1 is 1.50 bits per heavy atom. The van der Waals surface area contributed by atoms with Gasteiger partial charge in [-0.3, -0.25) is 0 Å². The molecule has 4 heteroatoms. The van der Waals surface area contributed by atoms with Crippen LogP contribution in [0.1, 0.15) is 0 Å². The summed E-state index contributed by atoms with van der Waals surface area (Å²) in [5, 5.41) is 0.724. The number of hydrogen-bond acceptors (Lipinski definition) is 2. The fourth-order valence-electron chi connectivity index (χ4n) is 1.51. The average molecular weight is 190 g/mol. The molecule has 0 aliphatic carbocycles. The number of halogens is 1. The van der Waals surface area contributed by atoms with Crippen LogP contribution in [0.5, 0.6) is 0 Å². The van der Waals surface area contributed by atoms with Gasteiger partial charge in [-0.15, -0.1) is 4.99 Å². The van der Waals surface area contributed by atoms with Crippen LogP contribution in [-0.2, 0) is 11.8 Å². The van der Waals surface area contributed by atoms with Crippen molar-refractivity contribution in [1.29, 1.82) is 0 Å². The molecular formula is C10H7FN2O. The maximum absolute atomic E-state index is 13.3. The Kier molecular flexibility index (Phi) is 1.91. The number of carbonyl (C=O) groups excluding carboxylic acids is 1.